The molecule has 96 valence electrons. The quantitative estimate of drug-likeness (QED) is 0.824. The molecule has 0 radical (unpaired) electrons. The molecule has 0 spiro atoms. The van der Waals surface area contributed by atoms with Crippen molar-refractivity contribution in [3.8, 4) is 5.75 Å². The SMILES string of the molecule is CCOc1ccccc1NCc1ccc(CO)o1. The van der Waals surface area contributed by atoms with Crippen molar-refractivity contribution in [2.75, 3.05) is 11.9 Å². The third-order valence-corrected chi connectivity index (χ3v) is 2.51. The lowest BCUT2D eigenvalue weighted by Gasteiger charge is -2.11. The zero-order valence-electron chi connectivity index (χ0n) is 10.3. The summed E-state index contributed by atoms with van der Waals surface area (Å²) in [6.45, 7) is 3.07. The molecule has 0 amide bonds. The normalized spacial score (nSPS) is 10.3. The number of benzene rings is 1. The van der Waals surface area contributed by atoms with E-state index in [0.717, 1.165) is 17.2 Å². The molecule has 4 nitrogen and oxygen atoms in total. The first-order chi connectivity index (χ1) is 8.83. The van der Waals surface area contributed by atoms with Gasteiger partial charge in [0, 0.05) is 0 Å². The molecule has 0 bridgehead atoms. The number of hydrogen-bond acceptors (Lipinski definition) is 4. The monoisotopic (exact) mass is 247 g/mol. The van der Waals surface area contributed by atoms with Crippen molar-refractivity contribution in [3.63, 3.8) is 0 Å². The first-order valence-electron chi connectivity index (χ1n) is 5.97. The zero-order chi connectivity index (χ0) is 12.8. The molecule has 18 heavy (non-hydrogen) atoms. The van der Waals surface area contributed by atoms with Gasteiger partial charge in [-0.05, 0) is 31.2 Å². The summed E-state index contributed by atoms with van der Waals surface area (Å²) in [6, 6.07) is 11.4. The van der Waals surface area contributed by atoms with Crippen molar-refractivity contribution in [1.29, 1.82) is 0 Å². The van der Waals surface area contributed by atoms with Crippen LogP contribution in [-0.4, -0.2) is 11.7 Å². The predicted octanol–water partition coefficient (Wildman–Crippen LogP) is 2.78. The largest absolute Gasteiger partial charge is 0.492 e. The molecule has 1 aromatic heterocycles. The average molecular weight is 247 g/mol. The van der Waals surface area contributed by atoms with Gasteiger partial charge in [-0.2, -0.15) is 0 Å². The average Bonchev–Trinajstić information content (AvgIpc) is 2.86. The molecular weight excluding hydrogens is 230 g/mol. The number of rotatable bonds is 6. The number of aliphatic hydroxyl groups excluding tert-OH is 1. The van der Waals surface area contributed by atoms with Crippen LogP contribution in [0.5, 0.6) is 5.75 Å². The van der Waals surface area contributed by atoms with Crippen molar-refractivity contribution >= 4 is 5.69 Å². The van der Waals surface area contributed by atoms with Gasteiger partial charge in [-0.15, -0.1) is 0 Å². The summed E-state index contributed by atoms with van der Waals surface area (Å²) >= 11 is 0. The molecule has 0 aliphatic rings. The summed E-state index contributed by atoms with van der Waals surface area (Å²) in [5.41, 5.74) is 0.932. The van der Waals surface area contributed by atoms with E-state index in [9.17, 15) is 0 Å². The summed E-state index contributed by atoms with van der Waals surface area (Å²) in [5.74, 6) is 2.18. The molecule has 0 atom stereocenters. The number of para-hydroxylation sites is 2. The van der Waals surface area contributed by atoms with E-state index in [1.807, 2.05) is 37.3 Å². The Labute approximate surface area is 106 Å². The number of ether oxygens (including phenoxy) is 1. The fraction of sp³-hybridized carbons (Fsp3) is 0.286. The van der Waals surface area contributed by atoms with Gasteiger partial charge in [-0.1, -0.05) is 12.1 Å². The van der Waals surface area contributed by atoms with Gasteiger partial charge >= 0.3 is 0 Å². The Hall–Kier alpha value is -1.94. The van der Waals surface area contributed by atoms with E-state index in [2.05, 4.69) is 5.32 Å². The van der Waals surface area contributed by atoms with E-state index in [0.29, 0.717) is 18.9 Å². The molecule has 0 saturated carbocycles. The zero-order valence-corrected chi connectivity index (χ0v) is 10.3. The minimum atomic E-state index is -0.0739. The summed E-state index contributed by atoms with van der Waals surface area (Å²) in [6.07, 6.45) is 0. The van der Waals surface area contributed by atoms with Gasteiger partial charge in [0.1, 0.15) is 23.9 Å². The van der Waals surface area contributed by atoms with Crippen molar-refractivity contribution in [2.24, 2.45) is 0 Å². The molecule has 0 aliphatic carbocycles. The minimum absolute atomic E-state index is 0.0739. The Morgan fingerprint density at radius 2 is 1.94 bits per heavy atom. The fourth-order valence-electron chi connectivity index (χ4n) is 1.68. The maximum absolute atomic E-state index is 8.92. The number of hydrogen-bond donors (Lipinski definition) is 2. The molecule has 0 fully saturated rings. The van der Waals surface area contributed by atoms with Crippen LogP contribution in [0, 0.1) is 0 Å². The lowest BCUT2D eigenvalue weighted by Crippen LogP contribution is -2.01. The van der Waals surface area contributed by atoms with Crippen LogP contribution in [0.1, 0.15) is 18.4 Å². The third-order valence-electron chi connectivity index (χ3n) is 2.51. The predicted molar refractivity (Wildman–Crippen MR) is 69.6 cm³/mol. The first-order valence-corrected chi connectivity index (χ1v) is 5.97. The highest BCUT2D eigenvalue weighted by Crippen LogP contribution is 2.24. The van der Waals surface area contributed by atoms with Crippen LogP contribution in [0.15, 0.2) is 40.8 Å². The molecule has 1 aromatic carbocycles. The number of furan rings is 1. The van der Waals surface area contributed by atoms with Gasteiger partial charge < -0.3 is 19.6 Å². The molecule has 1 heterocycles. The molecular formula is C14H17NO3. The maximum Gasteiger partial charge on any atom is 0.142 e. The van der Waals surface area contributed by atoms with Crippen molar-refractivity contribution in [3.05, 3.63) is 47.9 Å². The van der Waals surface area contributed by atoms with E-state index in [4.69, 9.17) is 14.3 Å². The van der Waals surface area contributed by atoms with Crippen molar-refractivity contribution in [2.45, 2.75) is 20.1 Å². The van der Waals surface area contributed by atoms with Gasteiger partial charge in [0.25, 0.3) is 0 Å². The number of aliphatic hydroxyl groups is 1. The van der Waals surface area contributed by atoms with E-state index in [1.165, 1.54) is 0 Å². The Balaban J connectivity index is 2.01. The standard InChI is InChI=1S/C14H17NO3/c1-2-17-14-6-4-3-5-13(14)15-9-11-7-8-12(10-16)18-11/h3-8,15-16H,2,9-10H2,1H3. The second-order valence-electron chi connectivity index (χ2n) is 3.81. The van der Waals surface area contributed by atoms with Crippen LogP contribution in [0.3, 0.4) is 0 Å². The molecule has 0 unspecified atom stereocenters. The molecule has 2 N–H and O–H groups in total. The lowest BCUT2D eigenvalue weighted by atomic mass is 10.3. The van der Waals surface area contributed by atoms with Gasteiger partial charge in [0.05, 0.1) is 18.8 Å². The molecule has 0 aliphatic heterocycles. The topological polar surface area (TPSA) is 54.6 Å². The summed E-state index contributed by atoms with van der Waals surface area (Å²) in [4.78, 5) is 0. The molecule has 2 aromatic rings. The van der Waals surface area contributed by atoms with Crippen LogP contribution in [0.2, 0.25) is 0 Å². The summed E-state index contributed by atoms with van der Waals surface area (Å²) < 4.78 is 10.9. The second-order valence-corrected chi connectivity index (χ2v) is 3.81. The van der Waals surface area contributed by atoms with E-state index < -0.39 is 0 Å². The van der Waals surface area contributed by atoms with Gasteiger partial charge in [0.2, 0.25) is 0 Å². The van der Waals surface area contributed by atoms with Crippen LogP contribution in [-0.2, 0) is 13.2 Å². The highest BCUT2D eigenvalue weighted by Gasteiger charge is 2.04. The van der Waals surface area contributed by atoms with Crippen LogP contribution >= 0.6 is 0 Å². The van der Waals surface area contributed by atoms with E-state index in [1.54, 1.807) is 6.07 Å². The molecule has 4 heteroatoms. The number of anilines is 1. The Morgan fingerprint density at radius 3 is 2.67 bits per heavy atom. The van der Waals surface area contributed by atoms with Gasteiger partial charge in [-0.25, -0.2) is 0 Å². The third kappa shape index (κ3) is 3.05. The first kappa shape index (κ1) is 12.5. The summed E-state index contributed by atoms with van der Waals surface area (Å²) in [5, 5.41) is 12.2. The van der Waals surface area contributed by atoms with E-state index in [-0.39, 0.29) is 6.61 Å². The molecule has 2 rings (SSSR count). The molecule has 0 saturated heterocycles. The summed E-state index contributed by atoms with van der Waals surface area (Å²) in [7, 11) is 0. The van der Waals surface area contributed by atoms with E-state index >= 15 is 0 Å². The fourth-order valence-corrected chi connectivity index (χ4v) is 1.68. The van der Waals surface area contributed by atoms with Crippen molar-refractivity contribution in [1.82, 2.24) is 0 Å². The lowest BCUT2D eigenvalue weighted by molar-refractivity contribution is 0.244. The highest BCUT2D eigenvalue weighted by atomic mass is 16.5. The van der Waals surface area contributed by atoms with Crippen LogP contribution in [0.4, 0.5) is 5.69 Å². The second kappa shape index (κ2) is 6.12. The minimum Gasteiger partial charge on any atom is -0.492 e. The Morgan fingerprint density at radius 1 is 1.17 bits per heavy atom. The highest BCUT2D eigenvalue weighted by molar-refractivity contribution is 5.56. The van der Waals surface area contributed by atoms with Gasteiger partial charge in [0.15, 0.2) is 0 Å². The Kier molecular flexibility index (Phi) is 4.25. The van der Waals surface area contributed by atoms with Gasteiger partial charge in [-0.3, -0.25) is 0 Å². The van der Waals surface area contributed by atoms with Crippen LogP contribution in [0.25, 0.3) is 0 Å². The van der Waals surface area contributed by atoms with Crippen LogP contribution < -0.4 is 10.1 Å². The van der Waals surface area contributed by atoms with Crippen molar-refractivity contribution < 1.29 is 14.3 Å². The maximum atomic E-state index is 8.92. The Bertz CT molecular complexity index is 493. The smallest absolute Gasteiger partial charge is 0.142 e. The number of nitrogens with one attached hydrogen (secondary N) is 1.